The fourth-order valence-electron chi connectivity index (χ4n) is 2.19. The summed E-state index contributed by atoms with van der Waals surface area (Å²) in [6, 6.07) is 6.48. The molecular weight excluding hydrogens is 194 g/mol. The Labute approximate surface area is 100 Å². The van der Waals surface area contributed by atoms with Crippen LogP contribution in [0.5, 0.6) is 0 Å². The number of rotatable bonds is 4. The van der Waals surface area contributed by atoms with E-state index in [0.29, 0.717) is 5.92 Å². The molecule has 1 aromatic rings. The van der Waals surface area contributed by atoms with E-state index >= 15 is 0 Å². The summed E-state index contributed by atoms with van der Waals surface area (Å²) in [5.74, 6) is 0.511. The molecule has 1 unspecified atom stereocenters. The zero-order valence-corrected chi connectivity index (χ0v) is 11.3. The van der Waals surface area contributed by atoms with Gasteiger partial charge >= 0.3 is 0 Å². The smallest absolute Gasteiger partial charge is 0.0215 e. The molecule has 1 nitrogen and oxygen atoms in total. The maximum absolute atomic E-state index is 6.51. The Hall–Kier alpha value is -0.820. The molecule has 0 aliphatic carbocycles. The fourth-order valence-corrected chi connectivity index (χ4v) is 2.19. The first-order valence-electron chi connectivity index (χ1n) is 6.24. The summed E-state index contributed by atoms with van der Waals surface area (Å²) in [5.41, 5.74) is 10.6. The Balaban J connectivity index is 3.03. The van der Waals surface area contributed by atoms with E-state index in [9.17, 15) is 0 Å². The summed E-state index contributed by atoms with van der Waals surface area (Å²) >= 11 is 0. The van der Waals surface area contributed by atoms with Gasteiger partial charge in [-0.15, -0.1) is 0 Å². The van der Waals surface area contributed by atoms with Gasteiger partial charge in [0.1, 0.15) is 0 Å². The third-order valence-electron chi connectivity index (χ3n) is 3.96. The monoisotopic (exact) mass is 219 g/mol. The molecule has 2 N–H and O–H groups in total. The second kappa shape index (κ2) is 5.01. The van der Waals surface area contributed by atoms with Crippen LogP contribution in [0.15, 0.2) is 18.2 Å². The SMILES string of the molecule is CCC(N)(Cc1c(C)cccc1C)C(C)C. The molecule has 0 amide bonds. The van der Waals surface area contributed by atoms with Crippen molar-refractivity contribution in [2.75, 3.05) is 0 Å². The molecular formula is C15H25N. The van der Waals surface area contributed by atoms with Crippen LogP contribution in [0.4, 0.5) is 0 Å². The van der Waals surface area contributed by atoms with Crippen molar-refractivity contribution in [1.82, 2.24) is 0 Å². The van der Waals surface area contributed by atoms with E-state index in [2.05, 4.69) is 52.8 Å². The molecule has 16 heavy (non-hydrogen) atoms. The minimum atomic E-state index is -0.0725. The van der Waals surface area contributed by atoms with E-state index in [-0.39, 0.29) is 5.54 Å². The Bertz CT molecular complexity index is 334. The van der Waals surface area contributed by atoms with Crippen molar-refractivity contribution in [3.63, 3.8) is 0 Å². The van der Waals surface area contributed by atoms with E-state index in [1.807, 2.05) is 0 Å². The molecule has 0 heterocycles. The molecule has 0 aliphatic heterocycles. The molecule has 90 valence electrons. The zero-order chi connectivity index (χ0) is 12.3. The number of hydrogen-bond acceptors (Lipinski definition) is 1. The Morgan fingerprint density at radius 1 is 1.19 bits per heavy atom. The number of hydrogen-bond donors (Lipinski definition) is 1. The second-order valence-corrected chi connectivity index (χ2v) is 5.29. The highest BCUT2D eigenvalue weighted by Gasteiger charge is 2.28. The van der Waals surface area contributed by atoms with Crippen molar-refractivity contribution in [3.05, 3.63) is 34.9 Å². The molecule has 1 heteroatoms. The van der Waals surface area contributed by atoms with Crippen LogP contribution in [0.2, 0.25) is 0 Å². The lowest BCUT2D eigenvalue weighted by molar-refractivity contribution is 0.295. The molecule has 0 aliphatic rings. The van der Waals surface area contributed by atoms with Gasteiger partial charge in [-0.05, 0) is 49.3 Å². The van der Waals surface area contributed by atoms with E-state index in [1.165, 1.54) is 16.7 Å². The molecule has 1 atom stereocenters. The average Bonchev–Trinajstić information content (AvgIpc) is 2.23. The Kier molecular flexibility index (Phi) is 4.15. The predicted molar refractivity (Wildman–Crippen MR) is 71.7 cm³/mol. The normalized spacial score (nSPS) is 15.2. The van der Waals surface area contributed by atoms with Crippen LogP contribution in [0.1, 0.15) is 43.9 Å². The standard InChI is InChI=1S/C15H25N/c1-6-15(16,11(2)3)10-14-12(4)8-7-9-13(14)5/h7-9,11H,6,10,16H2,1-5H3. The maximum Gasteiger partial charge on any atom is 0.0215 e. The maximum atomic E-state index is 6.51. The summed E-state index contributed by atoms with van der Waals surface area (Å²) in [5, 5.41) is 0. The summed E-state index contributed by atoms with van der Waals surface area (Å²) in [6.45, 7) is 11.0. The number of nitrogens with two attached hydrogens (primary N) is 1. The van der Waals surface area contributed by atoms with Crippen molar-refractivity contribution < 1.29 is 0 Å². The van der Waals surface area contributed by atoms with Gasteiger partial charge in [-0.2, -0.15) is 0 Å². The van der Waals surface area contributed by atoms with Gasteiger partial charge in [-0.1, -0.05) is 39.0 Å². The van der Waals surface area contributed by atoms with Crippen LogP contribution in [0.25, 0.3) is 0 Å². The largest absolute Gasteiger partial charge is 0.325 e. The van der Waals surface area contributed by atoms with Gasteiger partial charge in [0, 0.05) is 5.54 Å². The lowest BCUT2D eigenvalue weighted by atomic mass is 9.78. The average molecular weight is 219 g/mol. The van der Waals surface area contributed by atoms with Crippen LogP contribution < -0.4 is 5.73 Å². The minimum absolute atomic E-state index is 0.0725. The first kappa shape index (κ1) is 13.2. The highest BCUT2D eigenvalue weighted by atomic mass is 14.7. The number of aryl methyl sites for hydroxylation is 2. The van der Waals surface area contributed by atoms with Gasteiger partial charge < -0.3 is 5.73 Å². The quantitative estimate of drug-likeness (QED) is 0.822. The van der Waals surface area contributed by atoms with Gasteiger partial charge in [0.2, 0.25) is 0 Å². The van der Waals surface area contributed by atoms with E-state index in [4.69, 9.17) is 5.73 Å². The van der Waals surface area contributed by atoms with Crippen LogP contribution in [0, 0.1) is 19.8 Å². The molecule has 0 saturated heterocycles. The first-order valence-corrected chi connectivity index (χ1v) is 6.24. The molecule has 0 aromatic heterocycles. The number of benzene rings is 1. The van der Waals surface area contributed by atoms with Gasteiger partial charge in [-0.3, -0.25) is 0 Å². The summed E-state index contributed by atoms with van der Waals surface area (Å²) < 4.78 is 0. The highest BCUT2D eigenvalue weighted by molar-refractivity contribution is 5.35. The molecule has 0 bridgehead atoms. The third-order valence-corrected chi connectivity index (χ3v) is 3.96. The van der Waals surface area contributed by atoms with Crippen molar-refractivity contribution >= 4 is 0 Å². The molecule has 1 rings (SSSR count). The zero-order valence-electron chi connectivity index (χ0n) is 11.3. The van der Waals surface area contributed by atoms with Gasteiger partial charge in [0.15, 0.2) is 0 Å². The van der Waals surface area contributed by atoms with Gasteiger partial charge in [0.05, 0.1) is 0 Å². The van der Waals surface area contributed by atoms with E-state index < -0.39 is 0 Å². The lowest BCUT2D eigenvalue weighted by Gasteiger charge is -2.34. The fraction of sp³-hybridized carbons (Fsp3) is 0.600. The van der Waals surface area contributed by atoms with E-state index in [1.54, 1.807) is 0 Å². The second-order valence-electron chi connectivity index (χ2n) is 5.29. The molecule has 0 saturated carbocycles. The predicted octanol–water partition coefficient (Wildman–Crippen LogP) is 3.61. The van der Waals surface area contributed by atoms with Gasteiger partial charge in [-0.25, -0.2) is 0 Å². The molecule has 1 aromatic carbocycles. The van der Waals surface area contributed by atoms with Crippen molar-refractivity contribution in [2.45, 2.75) is 53.0 Å². The van der Waals surface area contributed by atoms with Crippen LogP contribution in [-0.4, -0.2) is 5.54 Å². The van der Waals surface area contributed by atoms with Crippen LogP contribution >= 0.6 is 0 Å². The third kappa shape index (κ3) is 2.65. The lowest BCUT2D eigenvalue weighted by Crippen LogP contribution is -2.46. The molecule has 0 fully saturated rings. The summed E-state index contributed by atoms with van der Waals surface area (Å²) in [4.78, 5) is 0. The Morgan fingerprint density at radius 3 is 2.06 bits per heavy atom. The minimum Gasteiger partial charge on any atom is -0.325 e. The highest BCUT2D eigenvalue weighted by Crippen LogP contribution is 2.26. The van der Waals surface area contributed by atoms with Gasteiger partial charge in [0.25, 0.3) is 0 Å². The van der Waals surface area contributed by atoms with Crippen molar-refractivity contribution in [3.8, 4) is 0 Å². The molecule has 0 spiro atoms. The van der Waals surface area contributed by atoms with Crippen molar-refractivity contribution in [1.29, 1.82) is 0 Å². The van der Waals surface area contributed by atoms with Crippen LogP contribution in [-0.2, 0) is 6.42 Å². The molecule has 0 radical (unpaired) electrons. The van der Waals surface area contributed by atoms with Crippen molar-refractivity contribution in [2.24, 2.45) is 11.7 Å². The topological polar surface area (TPSA) is 26.0 Å². The van der Waals surface area contributed by atoms with Crippen LogP contribution in [0.3, 0.4) is 0 Å². The Morgan fingerprint density at radius 2 is 1.69 bits per heavy atom. The first-order chi connectivity index (χ1) is 7.40. The summed E-state index contributed by atoms with van der Waals surface area (Å²) in [7, 11) is 0. The summed E-state index contributed by atoms with van der Waals surface area (Å²) in [6.07, 6.45) is 2.01. The van der Waals surface area contributed by atoms with E-state index in [0.717, 1.165) is 12.8 Å².